The molecule has 7 heteroatoms. The summed E-state index contributed by atoms with van der Waals surface area (Å²) in [5.74, 6) is -0.569. The molecule has 128 valence electrons. The first-order valence-electron chi connectivity index (χ1n) is 7.93. The Hall–Kier alpha value is -1.40. The molecule has 0 saturated carbocycles. The number of anilines is 1. The van der Waals surface area contributed by atoms with Crippen LogP contribution in [-0.2, 0) is 25.5 Å². The molecule has 0 bridgehead atoms. The van der Waals surface area contributed by atoms with Crippen molar-refractivity contribution in [3.8, 4) is 0 Å². The Morgan fingerprint density at radius 1 is 1.25 bits per heavy atom. The molecule has 0 aliphatic carbocycles. The Labute approximate surface area is 149 Å². The maximum atomic E-state index is 12.9. The molecule has 0 aromatic heterocycles. The first-order chi connectivity index (χ1) is 11.3. The molecule has 1 atom stereocenters. The standard InChI is InChI=1S/C17H18ClNO4S/c1-16(2)22-14(20)17(15(21)23-16)8-10-3-4-11(18)7-12(10)19-5-6-24-9-13(17)19/h3-4,7,13H,5-6,8-9H2,1-2H3/t13-/m1/s1. The second kappa shape index (κ2) is 5.30. The van der Waals surface area contributed by atoms with Crippen LogP contribution in [0.2, 0.25) is 5.02 Å². The summed E-state index contributed by atoms with van der Waals surface area (Å²) in [6.07, 6.45) is 0.287. The molecule has 4 rings (SSSR count). The number of nitrogens with zero attached hydrogens (tertiary/aromatic N) is 1. The van der Waals surface area contributed by atoms with E-state index in [9.17, 15) is 9.59 Å². The number of cyclic esters (lactones) is 2. The third kappa shape index (κ3) is 2.23. The Balaban J connectivity index is 1.86. The molecule has 24 heavy (non-hydrogen) atoms. The molecule has 0 amide bonds. The van der Waals surface area contributed by atoms with Gasteiger partial charge in [0.2, 0.25) is 0 Å². The molecule has 1 spiro atoms. The molecule has 2 saturated heterocycles. The van der Waals surface area contributed by atoms with Crippen LogP contribution in [0.25, 0.3) is 0 Å². The summed E-state index contributed by atoms with van der Waals surface area (Å²) < 4.78 is 11.0. The SMILES string of the molecule is CC1(C)OC(=O)C2(Cc3ccc(Cl)cc3N3CCSC[C@@H]32)C(=O)O1. The van der Waals surface area contributed by atoms with Crippen molar-refractivity contribution < 1.29 is 19.1 Å². The summed E-state index contributed by atoms with van der Waals surface area (Å²) in [6.45, 7) is 3.92. The van der Waals surface area contributed by atoms with Gasteiger partial charge in [0.05, 0.1) is 6.04 Å². The predicted octanol–water partition coefficient (Wildman–Crippen LogP) is 2.64. The van der Waals surface area contributed by atoms with Gasteiger partial charge in [0.1, 0.15) is 0 Å². The number of halogens is 1. The summed E-state index contributed by atoms with van der Waals surface area (Å²) in [4.78, 5) is 28.0. The fourth-order valence-corrected chi connectivity index (χ4v) is 5.17. The van der Waals surface area contributed by atoms with E-state index in [2.05, 4.69) is 4.90 Å². The van der Waals surface area contributed by atoms with Gasteiger partial charge in [0.15, 0.2) is 5.41 Å². The van der Waals surface area contributed by atoms with Crippen LogP contribution in [0, 0.1) is 5.41 Å². The van der Waals surface area contributed by atoms with Crippen LogP contribution in [0.3, 0.4) is 0 Å². The maximum absolute atomic E-state index is 12.9. The summed E-state index contributed by atoms with van der Waals surface area (Å²) in [5, 5.41) is 0.650. The van der Waals surface area contributed by atoms with Crippen LogP contribution in [0.1, 0.15) is 19.4 Å². The van der Waals surface area contributed by atoms with E-state index in [1.54, 1.807) is 31.7 Å². The number of benzene rings is 1. The largest absolute Gasteiger partial charge is 0.422 e. The van der Waals surface area contributed by atoms with E-state index < -0.39 is 23.1 Å². The zero-order chi connectivity index (χ0) is 17.1. The normalized spacial score (nSPS) is 27.1. The highest BCUT2D eigenvalue weighted by Gasteiger charge is 2.64. The zero-order valence-corrected chi connectivity index (χ0v) is 15.1. The molecule has 2 fully saturated rings. The van der Waals surface area contributed by atoms with Crippen molar-refractivity contribution in [2.24, 2.45) is 5.41 Å². The number of carbonyl (C=O) groups is 2. The minimum absolute atomic E-state index is 0.279. The van der Waals surface area contributed by atoms with E-state index >= 15 is 0 Å². The number of ether oxygens (including phenoxy) is 2. The summed E-state index contributed by atoms with van der Waals surface area (Å²) in [5.41, 5.74) is 0.629. The van der Waals surface area contributed by atoms with Crippen LogP contribution in [0.5, 0.6) is 0 Å². The first kappa shape index (κ1) is 16.1. The number of fused-ring (bicyclic) bond motifs is 4. The Morgan fingerprint density at radius 2 is 1.96 bits per heavy atom. The Bertz CT molecular complexity index is 715. The molecular formula is C17H18ClNO4S. The Morgan fingerprint density at radius 3 is 2.67 bits per heavy atom. The highest BCUT2D eigenvalue weighted by atomic mass is 35.5. The van der Waals surface area contributed by atoms with Crippen molar-refractivity contribution >= 4 is 41.0 Å². The van der Waals surface area contributed by atoms with Crippen molar-refractivity contribution in [3.63, 3.8) is 0 Å². The summed E-state index contributed by atoms with van der Waals surface area (Å²) >= 11 is 7.91. The number of thioether (sulfide) groups is 1. The van der Waals surface area contributed by atoms with E-state index in [4.69, 9.17) is 21.1 Å². The Kier molecular flexibility index (Phi) is 3.55. The van der Waals surface area contributed by atoms with Crippen LogP contribution in [-0.4, -0.2) is 41.8 Å². The monoisotopic (exact) mass is 367 g/mol. The van der Waals surface area contributed by atoms with Crippen LogP contribution in [0.15, 0.2) is 18.2 Å². The summed E-state index contributed by atoms with van der Waals surface area (Å²) in [7, 11) is 0. The van der Waals surface area contributed by atoms with Gasteiger partial charge < -0.3 is 14.4 Å². The number of esters is 2. The van der Waals surface area contributed by atoms with E-state index in [0.29, 0.717) is 10.8 Å². The predicted molar refractivity (Wildman–Crippen MR) is 92.3 cm³/mol. The van der Waals surface area contributed by atoms with Gasteiger partial charge >= 0.3 is 11.9 Å². The van der Waals surface area contributed by atoms with Crippen LogP contribution >= 0.6 is 23.4 Å². The molecule has 3 heterocycles. The number of rotatable bonds is 0. The van der Waals surface area contributed by atoms with Crippen molar-refractivity contribution in [2.75, 3.05) is 23.0 Å². The highest BCUT2D eigenvalue weighted by Crippen LogP contribution is 2.49. The number of hydrogen-bond acceptors (Lipinski definition) is 6. The number of carbonyl (C=O) groups excluding carboxylic acids is 2. The van der Waals surface area contributed by atoms with E-state index in [1.807, 2.05) is 12.1 Å². The first-order valence-corrected chi connectivity index (χ1v) is 9.46. The van der Waals surface area contributed by atoms with Crippen molar-refractivity contribution in [2.45, 2.75) is 32.1 Å². The maximum Gasteiger partial charge on any atom is 0.329 e. The highest BCUT2D eigenvalue weighted by molar-refractivity contribution is 7.99. The van der Waals surface area contributed by atoms with E-state index in [-0.39, 0.29) is 12.5 Å². The van der Waals surface area contributed by atoms with Gasteiger partial charge in [-0.3, -0.25) is 9.59 Å². The molecule has 1 aromatic carbocycles. The minimum Gasteiger partial charge on any atom is -0.422 e. The lowest BCUT2D eigenvalue weighted by molar-refractivity contribution is -0.252. The average Bonchev–Trinajstić information content (AvgIpc) is 2.52. The molecule has 5 nitrogen and oxygen atoms in total. The van der Waals surface area contributed by atoms with Gasteiger partial charge in [-0.25, -0.2) is 0 Å². The summed E-state index contributed by atoms with van der Waals surface area (Å²) in [6, 6.07) is 5.31. The lowest BCUT2D eigenvalue weighted by Crippen LogP contribution is -2.67. The van der Waals surface area contributed by atoms with Crippen LogP contribution in [0.4, 0.5) is 5.69 Å². The molecular weight excluding hydrogens is 350 g/mol. The van der Waals surface area contributed by atoms with Crippen molar-refractivity contribution in [1.82, 2.24) is 0 Å². The second-order valence-corrected chi connectivity index (χ2v) is 8.47. The van der Waals surface area contributed by atoms with Gasteiger partial charge in [-0.05, 0) is 17.7 Å². The molecule has 0 unspecified atom stereocenters. The minimum atomic E-state index is -1.30. The molecule has 0 N–H and O–H groups in total. The van der Waals surface area contributed by atoms with Crippen molar-refractivity contribution in [3.05, 3.63) is 28.8 Å². The molecule has 0 radical (unpaired) electrons. The van der Waals surface area contributed by atoms with Gasteiger partial charge in [-0.1, -0.05) is 17.7 Å². The quantitative estimate of drug-likeness (QED) is 0.519. The van der Waals surface area contributed by atoms with Gasteiger partial charge in [-0.15, -0.1) is 0 Å². The molecule has 1 aromatic rings. The molecule has 3 aliphatic heterocycles. The second-order valence-electron chi connectivity index (χ2n) is 6.88. The van der Waals surface area contributed by atoms with Crippen LogP contribution < -0.4 is 4.90 Å². The van der Waals surface area contributed by atoms with Gasteiger partial charge in [-0.2, -0.15) is 11.8 Å². The van der Waals surface area contributed by atoms with Crippen molar-refractivity contribution in [1.29, 1.82) is 0 Å². The van der Waals surface area contributed by atoms with E-state index in [1.165, 1.54) is 0 Å². The lowest BCUT2D eigenvalue weighted by atomic mass is 9.71. The van der Waals surface area contributed by atoms with E-state index in [0.717, 1.165) is 23.5 Å². The topological polar surface area (TPSA) is 55.8 Å². The third-order valence-electron chi connectivity index (χ3n) is 4.93. The van der Waals surface area contributed by atoms with Gasteiger partial charge in [0.25, 0.3) is 5.79 Å². The number of hydrogen-bond donors (Lipinski definition) is 0. The third-order valence-corrected chi connectivity index (χ3v) is 6.19. The average molecular weight is 368 g/mol. The fourth-order valence-electron chi connectivity index (χ4n) is 3.82. The zero-order valence-electron chi connectivity index (χ0n) is 13.5. The van der Waals surface area contributed by atoms with Gasteiger partial charge in [0, 0.05) is 49.0 Å². The lowest BCUT2D eigenvalue weighted by Gasteiger charge is -2.52. The smallest absolute Gasteiger partial charge is 0.329 e. The molecule has 3 aliphatic rings. The fraction of sp³-hybridized carbons (Fsp3) is 0.529.